The monoisotopic (exact) mass is 283 g/mol. The summed E-state index contributed by atoms with van der Waals surface area (Å²) >= 11 is 1.77. The standard InChI is InChI=1S/C15H29N3S/c1-11(14(2,3)4)10-13-18-17-12(19-13)8-9-16-15(5,6)7/h11,16H,8-10H2,1-7H3. The van der Waals surface area contributed by atoms with Crippen LogP contribution in [0.2, 0.25) is 0 Å². The molecule has 1 heterocycles. The van der Waals surface area contributed by atoms with Crippen molar-refractivity contribution in [3.8, 4) is 0 Å². The first-order chi connectivity index (χ1) is 8.58. The fourth-order valence-electron chi connectivity index (χ4n) is 1.58. The Labute approximate surface area is 122 Å². The molecule has 0 aliphatic carbocycles. The number of aromatic nitrogens is 2. The van der Waals surface area contributed by atoms with E-state index >= 15 is 0 Å². The van der Waals surface area contributed by atoms with E-state index in [-0.39, 0.29) is 5.54 Å². The molecule has 4 heteroatoms. The topological polar surface area (TPSA) is 37.8 Å². The quantitative estimate of drug-likeness (QED) is 0.895. The molecule has 3 nitrogen and oxygen atoms in total. The van der Waals surface area contributed by atoms with E-state index in [2.05, 4.69) is 64.0 Å². The van der Waals surface area contributed by atoms with E-state index in [1.165, 1.54) is 5.01 Å². The summed E-state index contributed by atoms with van der Waals surface area (Å²) in [5, 5.41) is 14.4. The Morgan fingerprint density at radius 2 is 1.63 bits per heavy atom. The Balaban J connectivity index is 2.45. The summed E-state index contributed by atoms with van der Waals surface area (Å²) in [5.74, 6) is 0.626. The van der Waals surface area contributed by atoms with Crippen molar-refractivity contribution in [1.82, 2.24) is 15.5 Å². The maximum atomic E-state index is 4.33. The van der Waals surface area contributed by atoms with Crippen molar-refractivity contribution in [2.24, 2.45) is 11.3 Å². The van der Waals surface area contributed by atoms with Gasteiger partial charge in [0.05, 0.1) is 0 Å². The fourth-order valence-corrected chi connectivity index (χ4v) is 2.56. The fraction of sp³-hybridized carbons (Fsp3) is 0.867. The van der Waals surface area contributed by atoms with Gasteiger partial charge in [-0.25, -0.2) is 0 Å². The Kier molecular flexibility index (Phi) is 5.51. The summed E-state index contributed by atoms with van der Waals surface area (Å²) in [6.45, 7) is 16.7. The molecule has 0 fully saturated rings. The van der Waals surface area contributed by atoms with Crippen LogP contribution in [0.25, 0.3) is 0 Å². The second-order valence-electron chi connectivity index (χ2n) is 7.49. The molecule has 1 atom stereocenters. The number of rotatable bonds is 5. The third-order valence-electron chi connectivity index (χ3n) is 3.46. The minimum absolute atomic E-state index is 0.175. The largest absolute Gasteiger partial charge is 0.312 e. The van der Waals surface area contributed by atoms with Crippen molar-refractivity contribution in [2.75, 3.05) is 6.54 Å². The zero-order chi connectivity index (χ0) is 14.7. The summed E-state index contributed by atoms with van der Waals surface area (Å²) in [5.41, 5.74) is 0.508. The Morgan fingerprint density at radius 3 is 2.16 bits per heavy atom. The zero-order valence-corrected chi connectivity index (χ0v) is 14.3. The molecule has 0 aliphatic heterocycles. The lowest BCUT2D eigenvalue weighted by Crippen LogP contribution is -2.37. The molecule has 19 heavy (non-hydrogen) atoms. The molecular formula is C15H29N3S. The van der Waals surface area contributed by atoms with Gasteiger partial charge < -0.3 is 5.32 Å². The Hall–Kier alpha value is -0.480. The molecule has 0 bridgehead atoms. The lowest BCUT2D eigenvalue weighted by atomic mass is 9.80. The van der Waals surface area contributed by atoms with Crippen molar-refractivity contribution in [3.63, 3.8) is 0 Å². The summed E-state index contributed by atoms with van der Waals surface area (Å²) in [7, 11) is 0. The molecule has 1 aromatic heterocycles. The smallest absolute Gasteiger partial charge is 0.118 e. The molecule has 0 aromatic carbocycles. The lowest BCUT2D eigenvalue weighted by molar-refractivity contribution is 0.259. The van der Waals surface area contributed by atoms with Gasteiger partial charge in [-0.05, 0) is 32.1 Å². The second kappa shape index (κ2) is 6.31. The molecule has 0 amide bonds. The van der Waals surface area contributed by atoms with Crippen LogP contribution in [0, 0.1) is 11.3 Å². The van der Waals surface area contributed by atoms with Crippen LogP contribution >= 0.6 is 11.3 Å². The average molecular weight is 283 g/mol. The molecular weight excluding hydrogens is 254 g/mol. The van der Waals surface area contributed by atoms with Crippen LogP contribution in [0.15, 0.2) is 0 Å². The van der Waals surface area contributed by atoms with Crippen LogP contribution in [-0.4, -0.2) is 22.3 Å². The Morgan fingerprint density at radius 1 is 1.05 bits per heavy atom. The molecule has 0 saturated heterocycles. The minimum atomic E-state index is 0.175. The van der Waals surface area contributed by atoms with Gasteiger partial charge in [0.25, 0.3) is 0 Å². The molecule has 0 saturated carbocycles. The van der Waals surface area contributed by atoms with Crippen molar-refractivity contribution < 1.29 is 0 Å². The summed E-state index contributed by atoms with van der Waals surface area (Å²) in [6, 6.07) is 0. The predicted molar refractivity (Wildman–Crippen MR) is 83.7 cm³/mol. The highest BCUT2D eigenvalue weighted by molar-refractivity contribution is 7.11. The van der Waals surface area contributed by atoms with Crippen molar-refractivity contribution in [1.29, 1.82) is 0 Å². The highest BCUT2D eigenvalue weighted by atomic mass is 32.1. The van der Waals surface area contributed by atoms with E-state index in [4.69, 9.17) is 0 Å². The first-order valence-electron chi connectivity index (χ1n) is 7.14. The van der Waals surface area contributed by atoms with Gasteiger partial charge in [-0.15, -0.1) is 21.5 Å². The number of nitrogens with one attached hydrogen (secondary N) is 1. The van der Waals surface area contributed by atoms with Gasteiger partial charge in [0, 0.05) is 24.9 Å². The van der Waals surface area contributed by atoms with Crippen molar-refractivity contribution >= 4 is 11.3 Å². The Bertz CT molecular complexity index is 385. The van der Waals surface area contributed by atoms with Crippen LogP contribution in [0.3, 0.4) is 0 Å². The van der Waals surface area contributed by atoms with E-state index < -0.39 is 0 Å². The van der Waals surface area contributed by atoms with E-state index in [0.29, 0.717) is 11.3 Å². The van der Waals surface area contributed by atoms with Gasteiger partial charge in [-0.2, -0.15) is 0 Å². The van der Waals surface area contributed by atoms with Gasteiger partial charge in [0.15, 0.2) is 0 Å². The van der Waals surface area contributed by atoms with Crippen molar-refractivity contribution in [2.45, 2.75) is 66.8 Å². The SMILES string of the molecule is CC(Cc1nnc(CCNC(C)(C)C)s1)C(C)(C)C. The predicted octanol–water partition coefficient (Wildman–Crippen LogP) is 3.69. The zero-order valence-electron chi connectivity index (χ0n) is 13.5. The highest BCUT2D eigenvalue weighted by Gasteiger charge is 2.21. The van der Waals surface area contributed by atoms with Gasteiger partial charge in [0.2, 0.25) is 0 Å². The van der Waals surface area contributed by atoms with Crippen LogP contribution in [0.4, 0.5) is 0 Å². The summed E-state index contributed by atoms with van der Waals surface area (Å²) in [6.07, 6.45) is 2.01. The van der Waals surface area contributed by atoms with E-state index in [0.717, 1.165) is 24.4 Å². The maximum absolute atomic E-state index is 4.33. The normalized spacial score (nSPS) is 14.7. The van der Waals surface area contributed by atoms with Crippen LogP contribution in [-0.2, 0) is 12.8 Å². The minimum Gasteiger partial charge on any atom is -0.312 e. The van der Waals surface area contributed by atoms with Crippen LogP contribution < -0.4 is 5.32 Å². The van der Waals surface area contributed by atoms with E-state index in [1.54, 1.807) is 11.3 Å². The second-order valence-corrected chi connectivity index (χ2v) is 8.63. The first kappa shape index (κ1) is 16.6. The third kappa shape index (κ3) is 6.48. The van der Waals surface area contributed by atoms with Gasteiger partial charge >= 0.3 is 0 Å². The number of nitrogens with zero attached hydrogens (tertiary/aromatic N) is 2. The van der Waals surface area contributed by atoms with Gasteiger partial charge in [-0.3, -0.25) is 0 Å². The van der Waals surface area contributed by atoms with E-state index in [1.807, 2.05) is 0 Å². The van der Waals surface area contributed by atoms with Crippen LogP contribution in [0.1, 0.15) is 58.5 Å². The molecule has 1 unspecified atom stereocenters. The van der Waals surface area contributed by atoms with Gasteiger partial charge in [0.1, 0.15) is 10.0 Å². The molecule has 1 rings (SSSR count). The summed E-state index contributed by atoms with van der Waals surface area (Å²) in [4.78, 5) is 0. The van der Waals surface area contributed by atoms with Gasteiger partial charge in [-0.1, -0.05) is 27.7 Å². The first-order valence-corrected chi connectivity index (χ1v) is 7.96. The highest BCUT2D eigenvalue weighted by Crippen LogP contribution is 2.29. The molecule has 1 N–H and O–H groups in total. The summed E-state index contributed by atoms with van der Waals surface area (Å²) < 4.78 is 0. The average Bonchev–Trinajstić information content (AvgIpc) is 2.62. The molecule has 110 valence electrons. The number of hydrogen-bond acceptors (Lipinski definition) is 4. The lowest BCUT2D eigenvalue weighted by Gasteiger charge is -2.26. The molecule has 1 aromatic rings. The molecule has 0 aliphatic rings. The molecule has 0 spiro atoms. The van der Waals surface area contributed by atoms with Crippen LogP contribution in [0.5, 0.6) is 0 Å². The number of hydrogen-bond donors (Lipinski definition) is 1. The maximum Gasteiger partial charge on any atom is 0.118 e. The molecule has 0 radical (unpaired) electrons. The van der Waals surface area contributed by atoms with Crippen molar-refractivity contribution in [3.05, 3.63) is 10.0 Å². The van der Waals surface area contributed by atoms with E-state index in [9.17, 15) is 0 Å². The third-order valence-corrected chi connectivity index (χ3v) is 4.47.